The molecule has 0 radical (unpaired) electrons. The summed E-state index contributed by atoms with van der Waals surface area (Å²) in [5.41, 5.74) is 0.923. The standard InChI is InChI=1S/C13H18N2O4/c14-6-10(12(18)13(19)11(17)8-16)15-7-9-4-2-1-3-5-9/h1-5,10-13,15-19H,7-8H2/t10-,11+,12-,13+/m0/s1. The average Bonchev–Trinajstić information content (AvgIpc) is 2.47. The number of benzene rings is 1. The Hall–Kier alpha value is -1.49. The highest BCUT2D eigenvalue weighted by molar-refractivity contribution is 5.15. The lowest BCUT2D eigenvalue weighted by Gasteiger charge is -2.25. The van der Waals surface area contributed by atoms with Crippen LogP contribution < -0.4 is 5.32 Å². The molecule has 0 fully saturated rings. The molecule has 0 aromatic heterocycles. The third-order valence-corrected chi connectivity index (χ3v) is 2.78. The van der Waals surface area contributed by atoms with Crippen LogP contribution in [0.25, 0.3) is 0 Å². The maximum absolute atomic E-state index is 9.75. The summed E-state index contributed by atoms with van der Waals surface area (Å²) in [6, 6.07) is 10.0. The Labute approximate surface area is 111 Å². The van der Waals surface area contributed by atoms with Crippen LogP contribution in [-0.2, 0) is 6.54 Å². The second-order valence-electron chi connectivity index (χ2n) is 4.20. The lowest BCUT2D eigenvalue weighted by molar-refractivity contribution is -0.0816. The lowest BCUT2D eigenvalue weighted by atomic mass is 10.0. The molecule has 104 valence electrons. The van der Waals surface area contributed by atoms with E-state index < -0.39 is 31.0 Å². The summed E-state index contributed by atoms with van der Waals surface area (Å²) in [5, 5.41) is 48.9. The van der Waals surface area contributed by atoms with Gasteiger partial charge in [0.25, 0.3) is 0 Å². The van der Waals surface area contributed by atoms with Crippen molar-refractivity contribution in [2.24, 2.45) is 0 Å². The first-order valence-corrected chi connectivity index (χ1v) is 5.92. The van der Waals surface area contributed by atoms with Crippen molar-refractivity contribution in [1.82, 2.24) is 5.32 Å². The van der Waals surface area contributed by atoms with Gasteiger partial charge in [0, 0.05) is 6.54 Å². The van der Waals surface area contributed by atoms with Gasteiger partial charge in [-0.3, -0.25) is 5.32 Å². The maximum Gasteiger partial charge on any atom is 0.124 e. The first-order chi connectivity index (χ1) is 9.10. The number of hydrogen-bond donors (Lipinski definition) is 5. The van der Waals surface area contributed by atoms with E-state index in [0.717, 1.165) is 5.56 Å². The summed E-state index contributed by atoms with van der Waals surface area (Å²) >= 11 is 0. The zero-order valence-corrected chi connectivity index (χ0v) is 10.3. The van der Waals surface area contributed by atoms with E-state index in [0.29, 0.717) is 6.54 Å². The molecular formula is C13H18N2O4. The monoisotopic (exact) mass is 266 g/mol. The minimum atomic E-state index is -1.59. The number of nitrogens with zero attached hydrogens (tertiary/aromatic N) is 1. The summed E-state index contributed by atoms with van der Waals surface area (Å²) in [5.74, 6) is 0. The number of aliphatic hydroxyl groups excluding tert-OH is 4. The minimum Gasteiger partial charge on any atom is -0.394 e. The molecule has 0 amide bonds. The van der Waals surface area contributed by atoms with Gasteiger partial charge in [0.1, 0.15) is 24.4 Å². The molecule has 1 rings (SSSR count). The van der Waals surface area contributed by atoms with Crippen LogP contribution in [-0.4, -0.2) is 51.4 Å². The second kappa shape index (κ2) is 7.84. The quantitative estimate of drug-likeness (QED) is 0.421. The van der Waals surface area contributed by atoms with Gasteiger partial charge < -0.3 is 20.4 Å². The predicted octanol–water partition coefficient (Wildman–Crippen LogP) is -1.26. The third kappa shape index (κ3) is 4.59. The van der Waals surface area contributed by atoms with Crippen molar-refractivity contribution in [3.05, 3.63) is 35.9 Å². The van der Waals surface area contributed by atoms with Crippen molar-refractivity contribution < 1.29 is 20.4 Å². The van der Waals surface area contributed by atoms with Gasteiger partial charge in [-0.2, -0.15) is 5.26 Å². The molecule has 0 saturated heterocycles. The summed E-state index contributed by atoms with van der Waals surface area (Å²) in [4.78, 5) is 0. The highest BCUT2D eigenvalue weighted by Gasteiger charge is 2.30. The minimum absolute atomic E-state index is 0.345. The summed E-state index contributed by atoms with van der Waals surface area (Å²) in [6.45, 7) is -0.340. The zero-order valence-electron chi connectivity index (χ0n) is 10.3. The average molecular weight is 266 g/mol. The molecule has 0 spiro atoms. The Morgan fingerprint density at radius 1 is 1.11 bits per heavy atom. The van der Waals surface area contributed by atoms with Crippen molar-refractivity contribution in [3.8, 4) is 6.07 Å². The normalized spacial score (nSPS) is 17.2. The molecule has 6 heteroatoms. The summed E-state index contributed by atoms with van der Waals surface area (Å²) < 4.78 is 0. The van der Waals surface area contributed by atoms with Crippen molar-refractivity contribution in [2.45, 2.75) is 30.9 Å². The number of nitriles is 1. The molecule has 0 unspecified atom stereocenters. The third-order valence-electron chi connectivity index (χ3n) is 2.78. The largest absolute Gasteiger partial charge is 0.394 e. The van der Waals surface area contributed by atoms with Gasteiger partial charge in [-0.25, -0.2) is 0 Å². The van der Waals surface area contributed by atoms with E-state index in [4.69, 9.17) is 10.4 Å². The Kier molecular flexibility index (Phi) is 6.42. The highest BCUT2D eigenvalue weighted by Crippen LogP contribution is 2.06. The Morgan fingerprint density at radius 2 is 1.74 bits per heavy atom. The fourth-order valence-corrected chi connectivity index (χ4v) is 1.60. The smallest absolute Gasteiger partial charge is 0.124 e. The van der Waals surface area contributed by atoms with E-state index in [2.05, 4.69) is 5.32 Å². The number of nitrogens with one attached hydrogen (secondary N) is 1. The zero-order chi connectivity index (χ0) is 14.3. The van der Waals surface area contributed by atoms with Crippen LogP contribution >= 0.6 is 0 Å². The molecule has 0 aliphatic heterocycles. The highest BCUT2D eigenvalue weighted by atomic mass is 16.4. The van der Waals surface area contributed by atoms with Crippen LogP contribution in [0.2, 0.25) is 0 Å². The molecule has 1 aromatic carbocycles. The van der Waals surface area contributed by atoms with E-state index in [1.807, 2.05) is 36.4 Å². The van der Waals surface area contributed by atoms with Gasteiger partial charge in [-0.1, -0.05) is 30.3 Å². The topological polar surface area (TPSA) is 117 Å². The first kappa shape index (κ1) is 15.6. The van der Waals surface area contributed by atoms with Crippen LogP contribution in [0, 0.1) is 11.3 Å². The fourth-order valence-electron chi connectivity index (χ4n) is 1.60. The van der Waals surface area contributed by atoms with Gasteiger partial charge >= 0.3 is 0 Å². The molecular weight excluding hydrogens is 248 g/mol. The van der Waals surface area contributed by atoms with Crippen molar-refractivity contribution in [2.75, 3.05) is 6.61 Å². The molecule has 4 atom stereocenters. The summed E-state index contributed by atoms with van der Waals surface area (Å²) in [6.07, 6.45) is -4.56. The van der Waals surface area contributed by atoms with Crippen molar-refractivity contribution in [1.29, 1.82) is 5.26 Å². The van der Waals surface area contributed by atoms with Crippen LogP contribution in [0.5, 0.6) is 0 Å². The Bertz CT molecular complexity index is 407. The van der Waals surface area contributed by atoms with Crippen LogP contribution in [0.3, 0.4) is 0 Å². The molecule has 0 aliphatic rings. The van der Waals surface area contributed by atoms with Gasteiger partial charge in [0.15, 0.2) is 0 Å². The van der Waals surface area contributed by atoms with E-state index in [9.17, 15) is 15.3 Å². The molecule has 0 aliphatic carbocycles. The van der Waals surface area contributed by atoms with Crippen molar-refractivity contribution in [3.63, 3.8) is 0 Å². The van der Waals surface area contributed by atoms with Crippen LogP contribution in [0.15, 0.2) is 30.3 Å². The summed E-state index contributed by atoms with van der Waals surface area (Å²) in [7, 11) is 0. The van der Waals surface area contributed by atoms with Gasteiger partial charge in [-0.15, -0.1) is 0 Å². The van der Waals surface area contributed by atoms with Crippen LogP contribution in [0.4, 0.5) is 0 Å². The molecule has 0 heterocycles. The number of hydrogen-bond acceptors (Lipinski definition) is 6. The predicted molar refractivity (Wildman–Crippen MR) is 67.8 cm³/mol. The van der Waals surface area contributed by atoms with Gasteiger partial charge in [0.2, 0.25) is 0 Å². The Morgan fingerprint density at radius 3 is 2.26 bits per heavy atom. The first-order valence-electron chi connectivity index (χ1n) is 5.92. The molecule has 6 nitrogen and oxygen atoms in total. The van der Waals surface area contributed by atoms with Crippen LogP contribution in [0.1, 0.15) is 5.56 Å². The molecule has 0 saturated carbocycles. The number of rotatable bonds is 7. The van der Waals surface area contributed by atoms with E-state index in [1.165, 1.54) is 0 Å². The number of aliphatic hydroxyl groups is 4. The van der Waals surface area contributed by atoms with Gasteiger partial charge in [-0.05, 0) is 5.56 Å². The Balaban J connectivity index is 2.56. The fraction of sp³-hybridized carbons (Fsp3) is 0.462. The molecule has 0 bridgehead atoms. The van der Waals surface area contributed by atoms with Gasteiger partial charge in [0.05, 0.1) is 12.7 Å². The maximum atomic E-state index is 9.75. The molecule has 5 N–H and O–H groups in total. The second-order valence-corrected chi connectivity index (χ2v) is 4.20. The lowest BCUT2D eigenvalue weighted by Crippen LogP contribution is -2.50. The van der Waals surface area contributed by atoms with E-state index >= 15 is 0 Å². The molecule has 19 heavy (non-hydrogen) atoms. The van der Waals surface area contributed by atoms with E-state index in [-0.39, 0.29) is 0 Å². The van der Waals surface area contributed by atoms with E-state index in [1.54, 1.807) is 0 Å². The molecule has 1 aromatic rings. The van der Waals surface area contributed by atoms with Crippen molar-refractivity contribution >= 4 is 0 Å². The SMILES string of the molecule is N#C[C@H](NCc1ccccc1)[C@H](O)[C@H](O)[C@H](O)CO.